The molecule has 0 aliphatic carbocycles. The molecule has 0 bridgehead atoms. The average molecular weight is 366 g/mol. The van der Waals surface area contributed by atoms with Crippen molar-refractivity contribution in [1.29, 1.82) is 0 Å². The van der Waals surface area contributed by atoms with E-state index >= 15 is 0 Å². The monoisotopic (exact) mass is 366 g/mol. The van der Waals surface area contributed by atoms with Crippen molar-refractivity contribution in [3.63, 3.8) is 0 Å². The minimum atomic E-state index is -2.92. The number of hydrogen-bond donors (Lipinski definition) is 2. The fourth-order valence-corrected chi connectivity index (χ4v) is 2.10. The number of methoxy groups -OCH3 is 1. The molecule has 2 aromatic carbocycles. The number of nitrogens with one attached hydrogen (secondary N) is 2. The molecule has 140 valence electrons. The van der Waals surface area contributed by atoms with Crippen molar-refractivity contribution in [2.75, 3.05) is 25.6 Å². The van der Waals surface area contributed by atoms with E-state index in [0.717, 1.165) is 0 Å². The molecule has 2 amide bonds. The Morgan fingerprint density at radius 1 is 1.15 bits per heavy atom. The number of hydrogen-bond acceptors (Lipinski definition) is 4. The van der Waals surface area contributed by atoms with Crippen molar-refractivity contribution in [3.05, 3.63) is 48.0 Å². The summed E-state index contributed by atoms with van der Waals surface area (Å²) in [4.78, 5) is 11.9. The van der Waals surface area contributed by atoms with Gasteiger partial charge in [-0.15, -0.1) is 0 Å². The van der Waals surface area contributed by atoms with Crippen LogP contribution in [0.1, 0.15) is 5.56 Å². The van der Waals surface area contributed by atoms with Crippen LogP contribution in [0.5, 0.6) is 17.2 Å². The number of alkyl halides is 2. The summed E-state index contributed by atoms with van der Waals surface area (Å²) < 4.78 is 39.7. The number of amides is 2. The average Bonchev–Trinajstić information content (AvgIpc) is 2.61. The van der Waals surface area contributed by atoms with Gasteiger partial charge in [-0.1, -0.05) is 12.1 Å². The normalized spacial score (nSPS) is 10.3. The molecule has 0 unspecified atom stereocenters. The Kier molecular flexibility index (Phi) is 7.02. The smallest absolute Gasteiger partial charge is 0.387 e. The van der Waals surface area contributed by atoms with Crippen LogP contribution >= 0.6 is 0 Å². The zero-order valence-corrected chi connectivity index (χ0v) is 14.4. The Bertz CT molecular complexity index is 741. The van der Waals surface area contributed by atoms with Crippen molar-refractivity contribution in [2.24, 2.45) is 0 Å². The number of aryl methyl sites for hydroxylation is 1. The van der Waals surface area contributed by atoms with Gasteiger partial charge in [0.15, 0.2) is 0 Å². The first-order valence-electron chi connectivity index (χ1n) is 7.85. The molecule has 8 heteroatoms. The SMILES string of the molecule is COc1cccc(OCCNC(=O)Nc2ccc(C)c(OC(F)F)c2)c1. The molecule has 0 saturated carbocycles. The molecule has 2 N–H and O–H groups in total. The van der Waals surface area contributed by atoms with E-state index in [0.29, 0.717) is 22.7 Å². The first-order valence-corrected chi connectivity index (χ1v) is 7.85. The lowest BCUT2D eigenvalue weighted by molar-refractivity contribution is -0.0502. The molecular formula is C18H20F2N2O4. The predicted molar refractivity (Wildman–Crippen MR) is 93.3 cm³/mol. The van der Waals surface area contributed by atoms with Gasteiger partial charge in [-0.2, -0.15) is 8.78 Å². The Morgan fingerprint density at radius 2 is 1.92 bits per heavy atom. The van der Waals surface area contributed by atoms with Gasteiger partial charge in [0.1, 0.15) is 23.9 Å². The number of carbonyl (C=O) groups is 1. The largest absolute Gasteiger partial charge is 0.497 e. The molecule has 0 spiro atoms. The van der Waals surface area contributed by atoms with Crippen LogP contribution in [0.25, 0.3) is 0 Å². The Balaban J connectivity index is 1.78. The Hall–Kier alpha value is -3.03. The molecule has 0 heterocycles. The van der Waals surface area contributed by atoms with E-state index in [1.807, 2.05) is 0 Å². The van der Waals surface area contributed by atoms with E-state index in [1.54, 1.807) is 50.4 Å². The molecule has 0 aromatic heterocycles. The zero-order chi connectivity index (χ0) is 18.9. The number of anilines is 1. The topological polar surface area (TPSA) is 68.8 Å². The van der Waals surface area contributed by atoms with Gasteiger partial charge in [0.05, 0.1) is 13.7 Å². The van der Waals surface area contributed by atoms with Gasteiger partial charge in [0, 0.05) is 17.8 Å². The molecule has 0 saturated heterocycles. The third kappa shape index (κ3) is 6.12. The van der Waals surface area contributed by atoms with Crippen LogP contribution in [0.4, 0.5) is 19.3 Å². The molecule has 0 radical (unpaired) electrons. The number of carbonyl (C=O) groups excluding carboxylic acids is 1. The fourth-order valence-electron chi connectivity index (χ4n) is 2.10. The van der Waals surface area contributed by atoms with Gasteiger partial charge < -0.3 is 24.8 Å². The molecule has 0 fully saturated rings. The maximum Gasteiger partial charge on any atom is 0.387 e. The van der Waals surface area contributed by atoms with Gasteiger partial charge in [-0.25, -0.2) is 4.79 Å². The summed E-state index contributed by atoms with van der Waals surface area (Å²) in [6.45, 7) is -0.771. The van der Waals surface area contributed by atoms with Crippen molar-refractivity contribution in [1.82, 2.24) is 5.32 Å². The first kappa shape index (κ1) is 19.3. The van der Waals surface area contributed by atoms with Crippen molar-refractivity contribution < 1.29 is 27.8 Å². The van der Waals surface area contributed by atoms with Gasteiger partial charge in [-0.05, 0) is 30.7 Å². The zero-order valence-electron chi connectivity index (χ0n) is 14.4. The minimum absolute atomic E-state index is 0.0131. The van der Waals surface area contributed by atoms with Crippen LogP contribution in [0.15, 0.2) is 42.5 Å². The predicted octanol–water partition coefficient (Wildman–Crippen LogP) is 3.81. The Labute approximate surface area is 150 Å². The lowest BCUT2D eigenvalue weighted by atomic mass is 10.2. The lowest BCUT2D eigenvalue weighted by Crippen LogP contribution is -2.32. The van der Waals surface area contributed by atoms with E-state index in [-0.39, 0.29) is 18.9 Å². The molecular weight excluding hydrogens is 346 g/mol. The number of urea groups is 1. The number of benzene rings is 2. The Morgan fingerprint density at radius 3 is 2.65 bits per heavy atom. The van der Waals surface area contributed by atoms with Crippen LogP contribution in [-0.4, -0.2) is 32.9 Å². The van der Waals surface area contributed by atoms with Gasteiger partial charge in [0.2, 0.25) is 0 Å². The highest BCUT2D eigenvalue weighted by molar-refractivity contribution is 5.89. The van der Waals surface area contributed by atoms with Crippen LogP contribution in [0, 0.1) is 6.92 Å². The second-order valence-electron chi connectivity index (χ2n) is 5.27. The standard InChI is InChI=1S/C18H20F2N2O4/c1-12-6-7-13(10-16(12)26-17(19)20)22-18(23)21-8-9-25-15-5-3-4-14(11-15)24-2/h3-7,10-11,17H,8-9H2,1-2H3,(H2,21,22,23). The van der Waals surface area contributed by atoms with E-state index in [2.05, 4.69) is 15.4 Å². The van der Waals surface area contributed by atoms with Gasteiger partial charge in [-0.3, -0.25) is 0 Å². The van der Waals surface area contributed by atoms with E-state index in [1.165, 1.54) is 6.07 Å². The highest BCUT2D eigenvalue weighted by Gasteiger charge is 2.09. The molecule has 6 nitrogen and oxygen atoms in total. The lowest BCUT2D eigenvalue weighted by Gasteiger charge is -2.12. The summed E-state index contributed by atoms with van der Waals surface area (Å²) in [5.74, 6) is 1.31. The van der Waals surface area contributed by atoms with Crippen LogP contribution < -0.4 is 24.8 Å². The molecule has 2 aromatic rings. The molecule has 26 heavy (non-hydrogen) atoms. The number of rotatable bonds is 8. The van der Waals surface area contributed by atoms with Gasteiger partial charge in [0.25, 0.3) is 0 Å². The summed E-state index contributed by atoms with van der Waals surface area (Å²) in [6.07, 6.45) is 0. The fraction of sp³-hybridized carbons (Fsp3) is 0.278. The minimum Gasteiger partial charge on any atom is -0.497 e. The second kappa shape index (κ2) is 9.45. The van der Waals surface area contributed by atoms with Crippen LogP contribution in [0.3, 0.4) is 0 Å². The maximum absolute atomic E-state index is 12.3. The third-order valence-electron chi connectivity index (χ3n) is 3.36. The van der Waals surface area contributed by atoms with Crippen molar-refractivity contribution in [2.45, 2.75) is 13.5 Å². The summed E-state index contributed by atoms with van der Waals surface area (Å²) in [5.41, 5.74) is 0.889. The first-order chi connectivity index (χ1) is 12.5. The molecule has 0 aliphatic rings. The summed E-state index contributed by atoms with van der Waals surface area (Å²) in [7, 11) is 1.56. The van der Waals surface area contributed by atoms with E-state index in [9.17, 15) is 13.6 Å². The second-order valence-corrected chi connectivity index (χ2v) is 5.27. The van der Waals surface area contributed by atoms with Crippen LogP contribution in [0.2, 0.25) is 0 Å². The van der Waals surface area contributed by atoms with Crippen molar-refractivity contribution in [3.8, 4) is 17.2 Å². The number of halogens is 2. The van der Waals surface area contributed by atoms with E-state index < -0.39 is 12.6 Å². The highest BCUT2D eigenvalue weighted by Crippen LogP contribution is 2.24. The summed E-state index contributed by atoms with van der Waals surface area (Å²) >= 11 is 0. The van der Waals surface area contributed by atoms with Crippen LogP contribution in [-0.2, 0) is 0 Å². The maximum atomic E-state index is 12.3. The molecule has 0 aliphatic heterocycles. The highest BCUT2D eigenvalue weighted by atomic mass is 19.3. The van der Waals surface area contributed by atoms with E-state index in [4.69, 9.17) is 9.47 Å². The molecule has 0 atom stereocenters. The summed E-state index contributed by atoms with van der Waals surface area (Å²) in [5, 5.41) is 5.16. The molecule has 2 rings (SSSR count). The van der Waals surface area contributed by atoms with Crippen molar-refractivity contribution >= 4 is 11.7 Å². The summed E-state index contributed by atoms with van der Waals surface area (Å²) in [6, 6.07) is 11.1. The quantitative estimate of drug-likeness (QED) is 0.697. The number of ether oxygens (including phenoxy) is 3. The van der Waals surface area contributed by atoms with Gasteiger partial charge >= 0.3 is 12.6 Å². The third-order valence-corrected chi connectivity index (χ3v) is 3.36.